The van der Waals surface area contributed by atoms with Crippen molar-refractivity contribution < 1.29 is 14.3 Å². The smallest absolute Gasteiger partial charge is 0.414 e. The van der Waals surface area contributed by atoms with E-state index < -0.39 is 0 Å². The third kappa shape index (κ3) is 2.71. The minimum Gasteiger partial charge on any atom is -0.495 e. The van der Waals surface area contributed by atoms with Gasteiger partial charge in [0.05, 0.1) is 19.4 Å². The van der Waals surface area contributed by atoms with Crippen LogP contribution in [0, 0.1) is 5.92 Å². The van der Waals surface area contributed by atoms with Crippen LogP contribution in [-0.2, 0) is 17.6 Å². The maximum absolute atomic E-state index is 12.0. The Morgan fingerprint density at radius 1 is 1.38 bits per heavy atom. The average molecular weight is 289 g/mol. The highest BCUT2D eigenvalue weighted by Crippen LogP contribution is 2.37. The third-order valence-electron chi connectivity index (χ3n) is 4.67. The quantitative estimate of drug-likeness (QED) is 0.854. The second-order valence-electron chi connectivity index (χ2n) is 5.93. The molecule has 1 aromatic carbocycles. The van der Waals surface area contributed by atoms with Gasteiger partial charge in [0.15, 0.2) is 0 Å². The van der Waals surface area contributed by atoms with Crippen LogP contribution >= 0.6 is 0 Å². The number of anilines is 1. The number of fused-ring (bicyclic) bond motifs is 1. The minimum absolute atomic E-state index is 0.262. The van der Waals surface area contributed by atoms with Crippen LogP contribution in [0.25, 0.3) is 0 Å². The molecule has 3 rings (SSSR count). The van der Waals surface area contributed by atoms with E-state index in [0.717, 1.165) is 36.6 Å². The van der Waals surface area contributed by atoms with Crippen LogP contribution in [0.3, 0.4) is 0 Å². The zero-order valence-electron chi connectivity index (χ0n) is 12.9. The van der Waals surface area contributed by atoms with E-state index in [9.17, 15) is 4.79 Å². The Morgan fingerprint density at radius 3 is 2.95 bits per heavy atom. The first-order chi connectivity index (χ1) is 10.2. The average Bonchev–Trinajstić information content (AvgIpc) is 2.53. The molecule has 114 valence electrons. The number of amides is 1. The molecule has 0 bridgehead atoms. The van der Waals surface area contributed by atoms with E-state index in [1.54, 1.807) is 12.0 Å². The first kappa shape index (κ1) is 14.2. The normalized spacial score (nSPS) is 21.7. The van der Waals surface area contributed by atoms with Crippen LogP contribution in [0.5, 0.6) is 5.75 Å². The monoisotopic (exact) mass is 289 g/mol. The highest BCUT2D eigenvalue weighted by atomic mass is 16.6. The molecule has 21 heavy (non-hydrogen) atoms. The number of cyclic esters (lactones) is 1. The molecule has 0 aromatic heterocycles. The lowest BCUT2D eigenvalue weighted by atomic mass is 9.82. The molecule has 1 fully saturated rings. The van der Waals surface area contributed by atoms with E-state index in [1.165, 1.54) is 24.0 Å². The Hall–Kier alpha value is -1.71. The maximum atomic E-state index is 12.0. The summed E-state index contributed by atoms with van der Waals surface area (Å²) in [7, 11) is 1.66. The highest BCUT2D eigenvalue weighted by molar-refractivity contribution is 5.90. The van der Waals surface area contributed by atoms with Gasteiger partial charge in [-0.3, -0.25) is 4.90 Å². The van der Waals surface area contributed by atoms with Crippen molar-refractivity contribution in [2.75, 3.05) is 25.2 Å². The van der Waals surface area contributed by atoms with E-state index >= 15 is 0 Å². The van der Waals surface area contributed by atoms with Crippen molar-refractivity contribution in [2.24, 2.45) is 5.92 Å². The maximum Gasteiger partial charge on any atom is 0.414 e. The molecule has 1 aliphatic carbocycles. The fourth-order valence-electron chi connectivity index (χ4n) is 3.34. The van der Waals surface area contributed by atoms with Crippen molar-refractivity contribution in [3.63, 3.8) is 0 Å². The van der Waals surface area contributed by atoms with E-state index in [1.807, 2.05) is 0 Å². The molecular weight excluding hydrogens is 266 g/mol. The molecule has 0 N–H and O–H groups in total. The summed E-state index contributed by atoms with van der Waals surface area (Å²) < 4.78 is 10.7. The molecule has 1 unspecified atom stereocenters. The topological polar surface area (TPSA) is 38.8 Å². The van der Waals surface area contributed by atoms with Gasteiger partial charge in [0.2, 0.25) is 0 Å². The fraction of sp³-hybridized carbons (Fsp3) is 0.588. The van der Waals surface area contributed by atoms with Gasteiger partial charge < -0.3 is 9.47 Å². The summed E-state index contributed by atoms with van der Waals surface area (Å²) in [6.45, 7) is 3.47. The number of benzene rings is 1. The summed E-state index contributed by atoms with van der Waals surface area (Å²) in [5, 5.41) is 0. The van der Waals surface area contributed by atoms with Crippen molar-refractivity contribution >= 4 is 11.8 Å². The molecule has 2 aliphatic rings. The number of methoxy groups -OCH3 is 1. The Kier molecular flexibility index (Phi) is 4.04. The molecular formula is C17H23NO3. The summed E-state index contributed by atoms with van der Waals surface area (Å²) in [4.78, 5) is 13.7. The van der Waals surface area contributed by atoms with Gasteiger partial charge in [-0.05, 0) is 54.9 Å². The fourth-order valence-corrected chi connectivity index (χ4v) is 3.34. The predicted molar refractivity (Wildman–Crippen MR) is 82.1 cm³/mol. The molecule has 1 aliphatic heterocycles. The highest BCUT2D eigenvalue weighted by Gasteiger charge is 2.27. The van der Waals surface area contributed by atoms with Crippen LogP contribution in [0.4, 0.5) is 10.5 Å². The second-order valence-corrected chi connectivity index (χ2v) is 5.93. The number of hydrogen-bond acceptors (Lipinski definition) is 3. The SMILES string of the molecule is CCC1CCc2cc(OC)c(N3CCCOC3=O)cc2C1. The van der Waals surface area contributed by atoms with Crippen LogP contribution in [0.1, 0.15) is 37.3 Å². The van der Waals surface area contributed by atoms with Crippen molar-refractivity contribution in [3.8, 4) is 5.75 Å². The Balaban J connectivity index is 1.97. The number of nitrogens with zero attached hydrogens (tertiary/aromatic N) is 1. The Morgan fingerprint density at radius 2 is 2.24 bits per heavy atom. The van der Waals surface area contributed by atoms with Gasteiger partial charge >= 0.3 is 6.09 Å². The number of hydrogen-bond donors (Lipinski definition) is 0. The molecule has 1 aromatic rings. The molecule has 1 amide bonds. The zero-order chi connectivity index (χ0) is 14.8. The first-order valence-electron chi connectivity index (χ1n) is 7.87. The van der Waals surface area contributed by atoms with Gasteiger partial charge in [0, 0.05) is 6.54 Å². The summed E-state index contributed by atoms with van der Waals surface area (Å²) in [6, 6.07) is 4.25. The standard InChI is InChI=1S/C17H23NO3/c1-3-12-5-6-13-11-16(20-2)15(10-14(13)9-12)18-7-4-8-21-17(18)19/h10-12H,3-9H2,1-2H3. The lowest BCUT2D eigenvalue weighted by molar-refractivity contribution is 0.140. The number of rotatable bonds is 3. The minimum atomic E-state index is -0.262. The first-order valence-corrected chi connectivity index (χ1v) is 7.87. The Bertz CT molecular complexity index is 541. The summed E-state index contributed by atoms with van der Waals surface area (Å²) in [5.41, 5.74) is 3.59. The van der Waals surface area contributed by atoms with E-state index in [2.05, 4.69) is 19.1 Å². The largest absolute Gasteiger partial charge is 0.495 e. The van der Waals surface area contributed by atoms with Crippen molar-refractivity contribution in [1.82, 2.24) is 0 Å². The van der Waals surface area contributed by atoms with Gasteiger partial charge in [-0.1, -0.05) is 13.3 Å². The van der Waals surface area contributed by atoms with Crippen molar-refractivity contribution in [3.05, 3.63) is 23.3 Å². The number of carbonyl (C=O) groups excluding carboxylic acids is 1. The van der Waals surface area contributed by atoms with Gasteiger partial charge in [0.25, 0.3) is 0 Å². The molecule has 0 spiro atoms. The molecule has 4 nitrogen and oxygen atoms in total. The predicted octanol–water partition coefficient (Wildman–Crippen LogP) is 3.56. The lowest BCUT2D eigenvalue weighted by Crippen LogP contribution is -2.38. The number of aryl methyl sites for hydroxylation is 1. The van der Waals surface area contributed by atoms with E-state index in [0.29, 0.717) is 13.2 Å². The zero-order valence-corrected chi connectivity index (χ0v) is 12.9. The number of ether oxygens (including phenoxy) is 2. The summed E-state index contributed by atoms with van der Waals surface area (Å²) in [5.74, 6) is 1.54. The lowest BCUT2D eigenvalue weighted by Gasteiger charge is -2.30. The molecule has 4 heteroatoms. The van der Waals surface area contributed by atoms with E-state index in [-0.39, 0.29) is 6.09 Å². The van der Waals surface area contributed by atoms with E-state index in [4.69, 9.17) is 9.47 Å². The molecule has 1 atom stereocenters. The van der Waals surface area contributed by atoms with Gasteiger partial charge in [-0.25, -0.2) is 4.79 Å². The van der Waals surface area contributed by atoms with Crippen molar-refractivity contribution in [2.45, 2.75) is 39.0 Å². The van der Waals surface area contributed by atoms with Gasteiger partial charge in [0.1, 0.15) is 5.75 Å². The molecule has 0 radical (unpaired) electrons. The van der Waals surface area contributed by atoms with Crippen LogP contribution in [-0.4, -0.2) is 26.4 Å². The summed E-state index contributed by atoms with van der Waals surface area (Å²) in [6.07, 6.45) is 5.27. The molecule has 1 saturated heterocycles. The number of carbonyl (C=O) groups is 1. The van der Waals surface area contributed by atoms with Crippen LogP contribution in [0.15, 0.2) is 12.1 Å². The summed E-state index contributed by atoms with van der Waals surface area (Å²) >= 11 is 0. The second kappa shape index (κ2) is 5.96. The van der Waals surface area contributed by atoms with Crippen LogP contribution < -0.4 is 9.64 Å². The van der Waals surface area contributed by atoms with Gasteiger partial charge in [-0.15, -0.1) is 0 Å². The van der Waals surface area contributed by atoms with Crippen molar-refractivity contribution in [1.29, 1.82) is 0 Å². The van der Waals surface area contributed by atoms with Crippen LogP contribution in [0.2, 0.25) is 0 Å². The molecule has 1 heterocycles. The Labute approximate surface area is 126 Å². The van der Waals surface area contributed by atoms with Gasteiger partial charge in [-0.2, -0.15) is 0 Å². The molecule has 0 saturated carbocycles. The third-order valence-corrected chi connectivity index (χ3v) is 4.67.